The number of benzene rings is 1. The minimum Gasteiger partial charge on any atom is -0.341 e. The van der Waals surface area contributed by atoms with Crippen LogP contribution >= 0.6 is 11.6 Å². The van der Waals surface area contributed by atoms with E-state index in [2.05, 4.69) is 6.92 Å². The van der Waals surface area contributed by atoms with Crippen LogP contribution in [-0.2, 0) is 4.79 Å². The molecule has 1 amide bonds. The fraction of sp³-hybridized carbons (Fsp3) is 0.588. The molecule has 0 N–H and O–H groups in total. The zero-order valence-electron chi connectivity index (χ0n) is 12.4. The number of likely N-dealkylation sites (N-methyl/N-ethyl adjacent to an activating group) is 1. The molecule has 3 heteroatoms. The van der Waals surface area contributed by atoms with Crippen LogP contribution < -0.4 is 0 Å². The van der Waals surface area contributed by atoms with Crippen molar-refractivity contribution in [2.24, 2.45) is 0 Å². The first-order valence-corrected chi connectivity index (χ1v) is 8.04. The van der Waals surface area contributed by atoms with Crippen molar-refractivity contribution in [3.05, 3.63) is 35.9 Å². The first-order valence-electron chi connectivity index (χ1n) is 7.60. The van der Waals surface area contributed by atoms with Gasteiger partial charge in [-0.1, -0.05) is 50.1 Å². The van der Waals surface area contributed by atoms with Crippen LogP contribution in [0.5, 0.6) is 0 Å². The Morgan fingerprint density at radius 2 is 1.95 bits per heavy atom. The first-order chi connectivity index (χ1) is 9.65. The second-order valence-electron chi connectivity index (χ2n) is 5.69. The number of rotatable bonds is 4. The number of nitrogens with zero attached hydrogens (tertiary/aromatic N) is 1. The van der Waals surface area contributed by atoms with Crippen molar-refractivity contribution in [2.75, 3.05) is 7.05 Å². The molecular weight excluding hydrogens is 270 g/mol. The molecule has 1 aromatic carbocycles. The van der Waals surface area contributed by atoms with E-state index < -0.39 is 0 Å². The summed E-state index contributed by atoms with van der Waals surface area (Å²) in [5.41, 5.74) is 1.11. The quantitative estimate of drug-likeness (QED) is 0.762. The van der Waals surface area contributed by atoms with E-state index in [0.29, 0.717) is 0 Å². The van der Waals surface area contributed by atoms with Crippen molar-refractivity contribution in [1.82, 2.24) is 4.90 Å². The van der Waals surface area contributed by atoms with E-state index in [9.17, 15) is 4.79 Å². The Kier molecular flexibility index (Phi) is 5.47. The second-order valence-corrected chi connectivity index (χ2v) is 6.25. The number of alkyl halides is 1. The van der Waals surface area contributed by atoms with E-state index in [0.717, 1.165) is 24.8 Å². The molecule has 1 fully saturated rings. The van der Waals surface area contributed by atoms with Gasteiger partial charge in [0.05, 0.1) is 11.3 Å². The Morgan fingerprint density at radius 3 is 2.55 bits per heavy atom. The van der Waals surface area contributed by atoms with Crippen molar-refractivity contribution >= 4 is 17.5 Å². The van der Waals surface area contributed by atoms with Gasteiger partial charge >= 0.3 is 0 Å². The molecular formula is C17H24ClNO. The highest BCUT2D eigenvalue weighted by molar-refractivity contribution is 6.21. The molecule has 1 aliphatic carbocycles. The van der Waals surface area contributed by atoms with Gasteiger partial charge in [0, 0.05) is 13.1 Å². The Morgan fingerprint density at radius 1 is 1.30 bits per heavy atom. The van der Waals surface area contributed by atoms with Gasteiger partial charge in [-0.05, 0) is 24.8 Å². The predicted octanol–water partition coefficient (Wildman–Crippen LogP) is 4.19. The lowest BCUT2D eigenvalue weighted by Crippen LogP contribution is -2.46. The number of hydrogen-bond donors (Lipinski definition) is 0. The van der Waals surface area contributed by atoms with Gasteiger partial charge in [-0.2, -0.15) is 0 Å². The van der Waals surface area contributed by atoms with Crippen LogP contribution in [0.15, 0.2) is 30.3 Å². The Hall–Kier alpha value is -1.02. The number of carbonyl (C=O) groups is 1. The number of carbonyl (C=O) groups excluding carboxylic acids is 1. The van der Waals surface area contributed by atoms with Gasteiger partial charge < -0.3 is 4.90 Å². The van der Waals surface area contributed by atoms with Gasteiger partial charge in [-0.15, -0.1) is 11.6 Å². The van der Waals surface area contributed by atoms with E-state index in [1.807, 2.05) is 42.3 Å². The predicted molar refractivity (Wildman–Crippen MR) is 84.1 cm³/mol. The average molecular weight is 294 g/mol. The normalized spacial score (nSPS) is 24.1. The molecule has 20 heavy (non-hydrogen) atoms. The molecule has 3 atom stereocenters. The monoisotopic (exact) mass is 293 g/mol. The van der Waals surface area contributed by atoms with Crippen LogP contribution in [0.25, 0.3) is 0 Å². The molecule has 0 bridgehead atoms. The topological polar surface area (TPSA) is 20.3 Å². The second kappa shape index (κ2) is 7.12. The lowest BCUT2D eigenvalue weighted by Gasteiger charge is -2.36. The summed E-state index contributed by atoms with van der Waals surface area (Å²) in [7, 11) is 1.92. The summed E-state index contributed by atoms with van der Waals surface area (Å²) >= 11 is 6.42. The maximum absolute atomic E-state index is 12.8. The van der Waals surface area contributed by atoms with Crippen LogP contribution in [0.3, 0.4) is 0 Å². The Balaban J connectivity index is 2.12. The molecule has 0 heterocycles. The summed E-state index contributed by atoms with van der Waals surface area (Å²) in [4.78, 5) is 14.7. The standard InChI is InChI=1S/C17H24ClNO/c1-3-14(13-9-5-4-6-10-13)17(20)19(2)16-12-8-7-11-15(16)18/h4-6,9-10,14-16H,3,7-8,11-12H2,1-2H3. The maximum atomic E-state index is 12.8. The molecule has 0 spiro atoms. The van der Waals surface area contributed by atoms with E-state index in [1.165, 1.54) is 12.8 Å². The molecule has 0 aromatic heterocycles. The fourth-order valence-electron chi connectivity index (χ4n) is 3.15. The lowest BCUT2D eigenvalue weighted by molar-refractivity contribution is -0.134. The van der Waals surface area contributed by atoms with Gasteiger partial charge in [-0.3, -0.25) is 4.79 Å². The third-order valence-corrected chi connectivity index (χ3v) is 4.91. The van der Waals surface area contributed by atoms with Crippen LogP contribution in [0.1, 0.15) is 50.5 Å². The fourth-order valence-corrected chi connectivity index (χ4v) is 3.60. The summed E-state index contributed by atoms with van der Waals surface area (Å²) in [6.07, 6.45) is 5.23. The highest BCUT2D eigenvalue weighted by Crippen LogP contribution is 2.29. The molecule has 0 aliphatic heterocycles. The number of halogens is 1. The van der Waals surface area contributed by atoms with Crippen molar-refractivity contribution in [1.29, 1.82) is 0 Å². The number of amides is 1. The summed E-state index contributed by atoms with van der Waals surface area (Å²) in [6.45, 7) is 2.07. The van der Waals surface area contributed by atoms with Gasteiger partial charge in [0.2, 0.25) is 5.91 Å². The molecule has 0 radical (unpaired) electrons. The third kappa shape index (κ3) is 3.35. The largest absolute Gasteiger partial charge is 0.341 e. The molecule has 3 unspecified atom stereocenters. The minimum absolute atomic E-state index is 0.0491. The molecule has 1 aromatic rings. The first kappa shape index (κ1) is 15.4. The molecule has 110 valence electrons. The van der Waals surface area contributed by atoms with Gasteiger partial charge in [0.15, 0.2) is 0 Å². The SMILES string of the molecule is CCC(C(=O)N(C)C1CCCCC1Cl)c1ccccc1. The summed E-state index contributed by atoms with van der Waals surface area (Å²) < 4.78 is 0. The molecule has 2 nitrogen and oxygen atoms in total. The van der Waals surface area contributed by atoms with Gasteiger partial charge in [0.25, 0.3) is 0 Å². The van der Waals surface area contributed by atoms with E-state index in [-0.39, 0.29) is 23.2 Å². The van der Waals surface area contributed by atoms with Crippen LogP contribution in [0.4, 0.5) is 0 Å². The average Bonchev–Trinajstić information content (AvgIpc) is 2.49. The van der Waals surface area contributed by atoms with Crippen molar-refractivity contribution < 1.29 is 4.79 Å². The van der Waals surface area contributed by atoms with Crippen LogP contribution in [0, 0.1) is 0 Å². The van der Waals surface area contributed by atoms with Crippen molar-refractivity contribution in [2.45, 2.75) is 56.4 Å². The van der Waals surface area contributed by atoms with Crippen molar-refractivity contribution in [3.8, 4) is 0 Å². The number of hydrogen-bond acceptors (Lipinski definition) is 1. The molecule has 1 aliphatic rings. The zero-order valence-corrected chi connectivity index (χ0v) is 13.1. The Bertz CT molecular complexity index is 434. The highest BCUT2D eigenvalue weighted by atomic mass is 35.5. The van der Waals surface area contributed by atoms with Gasteiger partial charge in [0.1, 0.15) is 0 Å². The zero-order chi connectivity index (χ0) is 14.5. The van der Waals surface area contributed by atoms with E-state index in [4.69, 9.17) is 11.6 Å². The van der Waals surface area contributed by atoms with Crippen LogP contribution in [0.2, 0.25) is 0 Å². The lowest BCUT2D eigenvalue weighted by atomic mass is 9.90. The third-order valence-electron chi connectivity index (χ3n) is 4.40. The molecule has 1 saturated carbocycles. The highest BCUT2D eigenvalue weighted by Gasteiger charge is 2.32. The summed E-state index contributed by atoms with van der Waals surface area (Å²) in [6, 6.07) is 10.3. The Labute approximate surface area is 127 Å². The maximum Gasteiger partial charge on any atom is 0.230 e. The van der Waals surface area contributed by atoms with E-state index in [1.54, 1.807) is 0 Å². The van der Waals surface area contributed by atoms with Crippen molar-refractivity contribution in [3.63, 3.8) is 0 Å². The smallest absolute Gasteiger partial charge is 0.230 e. The molecule has 2 rings (SSSR count). The van der Waals surface area contributed by atoms with E-state index >= 15 is 0 Å². The van der Waals surface area contributed by atoms with Gasteiger partial charge in [-0.25, -0.2) is 0 Å². The summed E-state index contributed by atoms with van der Waals surface area (Å²) in [5, 5.41) is 0.103. The molecule has 0 saturated heterocycles. The van der Waals surface area contributed by atoms with Crippen LogP contribution in [-0.4, -0.2) is 29.3 Å². The minimum atomic E-state index is -0.0491. The summed E-state index contributed by atoms with van der Waals surface area (Å²) in [5.74, 6) is 0.156.